The fourth-order valence-electron chi connectivity index (χ4n) is 1.94. The minimum atomic E-state index is -0.435. The Labute approximate surface area is 113 Å². The van der Waals surface area contributed by atoms with Crippen molar-refractivity contribution in [2.75, 3.05) is 19.8 Å². The van der Waals surface area contributed by atoms with Gasteiger partial charge in [0, 0.05) is 19.6 Å². The first-order chi connectivity index (χ1) is 8.68. The topological polar surface area (TPSA) is 45.0 Å². The summed E-state index contributed by atoms with van der Waals surface area (Å²) in [6.07, 6.45) is 8.50. The molecule has 0 rings (SSSR count). The summed E-state index contributed by atoms with van der Waals surface area (Å²) in [5.74, 6) is 0. The van der Waals surface area contributed by atoms with Gasteiger partial charge in [-0.05, 0) is 19.9 Å². The van der Waals surface area contributed by atoms with Gasteiger partial charge in [0.2, 0.25) is 0 Å². The van der Waals surface area contributed by atoms with Crippen molar-refractivity contribution in [1.29, 1.82) is 5.26 Å². The maximum Gasteiger partial charge on any atom is 0.106 e. The Kier molecular flexibility index (Phi) is 11.1. The molecule has 0 radical (unpaired) electrons. The summed E-state index contributed by atoms with van der Waals surface area (Å²) in [6, 6.07) is 2.31. The summed E-state index contributed by atoms with van der Waals surface area (Å²) in [5, 5.41) is 12.3. The van der Waals surface area contributed by atoms with Gasteiger partial charge >= 0.3 is 0 Å². The molecule has 0 bridgehead atoms. The van der Waals surface area contributed by atoms with E-state index < -0.39 is 5.54 Å². The fraction of sp³-hybridized carbons (Fsp3) is 0.933. The Morgan fingerprint density at radius 2 is 1.72 bits per heavy atom. The molecule has 0 spiro atoms. The van der Waals surface area contributed by atoms with E-state index in [-0.39, 0.29) is 0 Å². The van der Waals surface area contributed by atoms with Crippen LogP contribution in [0.1, 0.15) is 65.7 Å². The molecule has 0 heterocycles. The lowest BCUT2D eigenvalue weighted by Crippen LogP contribution is -2.41. The molecule has 3 nitrogen and oxygen atoms in total. The standard InChI is InChI=1S/C15H30N2O/c1-4-6-7-8-9-10-12-18-13-11-15(3,14-16)17-5-2/h17H,4-13H2,1-3H3. The summed E-state index contributed by atoms with van der Waals surface area (Å²) >= 11 is 0. The van der Waals surface area contributed by atoms with Crippen molar-refractivity contribution < 1.29 is 4.74 Å². The second kappa shape index (κ2) is 11.5. The van der Waals surface area contributed by atoms with Crippen LogP contribution in [0.5, 0.6) is 0 Å². The molecule has 0 aromatic carbocycles. The highest BCUT2D eigenvalue weighted by atomic mass is 16.5. The number of ether oxygens (including phenoxy) is 1. The lowest BCUT2D eigenvalue weighted by molar-refractivity contribution is 0.115. The molecule has 1 N–H and O–H groups in total. The third-order valence-corrected chi connectivity index (χ3v) is 3.20. The quantitative estimate of drug-likeness (QED) is 0.541. The SMILES string of the molecule is CCCCCCCCOCCC(C)(C#N)NCC. The average Bonchev–Trinajstić information content (AvgIpc) is 2.37. The number of nitrogens with zero attached hydrogens (tertiary/aromatic N) is 1. The molecule has 3 heteroatoms. The van der Waals surface area contributed by atoms with Crippen LogP contribution in [0, 0.1) is 11.3 Å². The predicted molar refractivity (Wildman–Crippen MR) is 76.5 cm³/mol. The molecule has 0 aromatic heterocycles. The summed E-state index contributed by atoms with van der Waals surface area (Å²) in [5.41, 5.74) is -0.435. The zero-order valence-corrected chi connectivity index (χ0v) is 12.4. The summed E-state index contributed by atoms with van der Waals surface area (Å²) in [4.78, 5) is 0. The van der Waals surface area contributed by atoms with Crippen molar-refractivity contribution >= 4 is 0 Å². The smallest absolute Gasteiger partial charge is 0.106 e. The molecule has 106 valence electrons. The first-order valence-electron chi connectivity index (χ1n) is 7.42. The molecule has 0 aliphatic rings. The minimum Gasteiger partial charge on any atom is -0.381 e. The largest absolute Gasteiger partial charge is 0.381 e. The highest BCUT2D eigenvalue weighted by Crippen LogP contribution is 2.09. The van der Waals surface area contributed by atoms with Crippen molar-refractivity contribution in [3.05, 3.63) is 0 Å². The van der Waals surface area contributed by atoms with E-state index >= 15 is 0 Å². The Morgan fingerprint density at radius 3 is 2.33 bits per heavy atom. The minimum absolute atomic E-state index is 0.435. The van der Waals surface area contributed by atoms with E-state index in [1.54, 1.807) is 0 Å². The maximum absolute atomic E-state index is 9.07. The normalized spacial score (nSPS) is 14.1. The summed E-state index contributed by atoms with van der Waals surface area (Å²) in [7, 11) is 0. The van der Waals surface area contributed by atoms with Crippen molar-refractivity contribution in [3.8, 4) is 6.07 Å². The van der Waals surface area contributed by atoms with E-state index in [2.05, 4.69) is 18.3 Å². The van der Waals surface area contributed by atoms with Gasteiger partial charge in [0.25, 0.3) is 0 Å². The number of hydrogen-bond acceptors (Lipinski definition) is 3. The number of rotatable bonds is 12. The van der Waals surface area contributed by atoms with Gasteiger partial charge in [0.15, 0.2) is 0 Å². The third kappa shape index (κ3) is 9.44. The van der Waals surface area contributed by atoms with E-state index in [1.807, 2.05) is 13.8 Å². The van der Waals surface area contributed by atoms with Crippen molar-refractivity contribution in [2.45, 2.75) is 71.3 Å². The van der Waals surface area contributed by atoms with Crippen molar-refractivity contribution in [2.24, 2.45) is 0 Å². The molecule has 0 aliphatic carbocycles. The Bertz CT molecular complexity index is 225. The van der Waals surface area contributed by atoms with Crippen LogP contribution in [0.15, 0.2) is 0 Å². The van der Waals surface area contributed by atoms with Crippen LogP contribution in [0.4, 0.5) is 0 Å². The van der Waals surface area contributed by atoms with Crippen LogP contribution < -0.4 is 5.32 Å². The van der Waals surface area contributed by atoms with E-state index in [4.69, 9.17) is 10.00 Å². The molecular weight excluding hydrogens is 224 g/mol. The number of nitriles is 1. The monoisotopic (exact) mass is 254 g/mol. The Hall–Kier alpha value is -0.590. The van der Waals surface area contributed by atoms with Crippen LogP contribution >= 0.6 is 0 Å². The molecule has 1 unspecified atom stereocenters. The molecule has 0 amide bonds. The van der Waals surface area contributed by atoms with Gasteiger partial charge < -0.3 is 4.74 Å². The highest BCUT2D eigenvalue weighted by Gasteiger charge is 2.21. The first-order valence-corrected chi connectivity index (χ1v) is 7.42. The van der Waals surface area contributed by atoms with E-state index in [0.717, 1.165) is 26.0 Å². The van der Waals surface area contributed by atoms with Gasteiger partial charge in [0.1, 0.15) is 5.54 Å². The van der Waals surface area contributed by atoms with Gasteiger partial charge in [-0.15, -0.1) is 0 Å². The fourth-order valence-corrected chi connectivity index (χ4v) is 1.94. The van der Waals surface area contributed by atoms with Crippen molar-refractivity contribution in [3.63, 3.8) is 0 Å². The van der Waals surface area contributed by atoms with Gasteiger partial charge in [-0.25, -0.2) is 0 Å². The van der Waals surface area contributed by atoms with Crippen LogP contribution in [0.25, 0.3) is 0 Å². The van der Waals surface area contributed by atoms with E-state index in [9.17, 15) is 0 Å². The molecule has 0 saturated heterocycles. The van der Waals surface area contributed by atoms with Gasteiger partial charge in [0.05, 0.1) is 6.07 Å². The molecule has 0 aromatic rings. The van der Waals surface area contributed by atoms with Gasteiger partial charge in [-0.2, -0.15) is 5.26 Å². The molecule has 0 saturated carbocycles. The predicted octanol–water partition coefficient (Wildman–Crippen LogP) is 3.65. The Balaban J connectivity index is 3.37. The molecular formula is C15H30N2O. The van der Waals surface area contributed by atoms with E-state index in [1.165, 1.54) is 32.1 Å². The summed E-state index contributed by atoms with van der Waals surface area (Å²) < 4.78 is 5.59. The first kappa shape index (κ1) is 17.4. The van der Waals surface area contributed by atoms with Crippen molar-refractivity contribution in [1.82, 2.24) is 5.32 Å². The lowest BCUT2D eigenvalue weighted by Gasteiger charge is -2.22. The lowest BCUT2D eigenvalue weighted by atomic mass is 10.0. The second-order valence-corrected chi connectivity index (χ2v) is 5.10. The molecule has 18 heavy (non-hydrogen) atoms. The zero-order chi connectivity index (χ0) is 13.7. The zero-order valence-electron chi connectivity index (χ0n) is 12.4. The molecule has 0 aliphatic heterocycles. The number of unbranched alkanes of at least 4 members (excludes halogenated alkanes) is 5. The number of hydrogen-bond donors (Lipinski definition) is 1. The Morgan fingerprint density at radius 1 is 1.06 bits per heavy atom. The van der Waals surface area contributed by atoms with Crippen LogP contribution in [0.2, 0.25) is 0 Å². The van der Waals surface area contributed by atoms with Crippen LogP contribution in [-0.2, 0) is 4.74 Å². The second-order valence-electron chi connectivity index (χ2n) is 5.10. The third-order valence-electron chi connectivity index (χ3n) is 3.20. The maximum atomic E-state index is 9.07. The number of nitrogens with one attached hydrogen (secondary N) is 1. The van der Waals surface area contributed by atoms with E-state index in [0.29, 0.717) is 6.61 Å². The van der Waals surface area contributed by atoms with Gasteiger partial charge in [-0.3, -0.25) is 5.32 Å². The van der Waals surface area contributed by atoms with Crippen LogP contribution in [0.3, 0.4) is 0 Å². The highest BCUT2D eigenvalue weighted by molar-refractivity contribution is 5.03. The summed E-state index contributed by atoms with van der Waals surface area (Å²) in [6.45, 7) is 8.52. The molecule has 1 atom stereocenters. The average molecular weight is 254 g/mol. The van der Waals surface area contributed by atoms with Gasteiger partial charge in [-0.1, -0.05) is 46.0 Å². The van der Waals surface area contributed by atoms with Crippen LogP contribution in [-0.4, -0.2) is 25.3 Å². The molecule has 0 fully saturated rings.